The minimum atomic E-state index is -0.260. The average Bonchev–Trinajstić information content (AvgIpc) is 3.50. The monoisotopic (exact) mass is 451 g/mol. The van der Waals surface area contributed by atoms with Gasteiger partial charge in [-0.1, -0.05) is 17.7 Å². The third kappa shape index (κ3) is 5.53. The van der Waals surface area contributed by atoms with Gasteiger partial charge in [-0.2, -0.15) is 5.10 Å². The molecular formula is C24H26ClN5O2. The summed E-state index contributed by atoms with van der Waals surface area (Å²) in [5.41, 5.74) is 3.11. The van der Waals surface area contributed by atoms with E-state index in [4.69, 9.17) is 11.6 Å². The van der Waals surface area contributed by atoms with E-state index in [9.17, 15) is 9.59 Å². The molecule has 0 aliphatic heterocycles. The van der Waals surface area contributed by atoms with Crippen molar-refractivity contribution in [1.29, 1.82) is 0 Å². The molecule has 8 heteroatoms. The van der Waals surface area contributed by atoms with Crippen LogP contribution in [0.3, 0.4) is 0 Å². The molecule has 1 aliphatic rings. The molecule has 1 aliphatic carbocycles. The molecule has 2 aromatic heterocycles. The van der Waals surface area contributed by atoms with E-state index in [1.807, 2.05) is 24.3 Å². The Balaban J connectivity index is 1.53. The number of benzene rings is 1. The summed E-state index contributed by atoms with van der Waals surface area (Å²) in [4.78, 5) is 28.8. The first-order valence-corrected chi connectivity index (χ1v) is 11.1. The number of H-pyrrole nitrogens is 1. The van der Waals surface area contributed by atoms with Crippen LogP contribution in [0.25, 0.3) is 0 Å². The number of amides is 1. The van der Waals surface area contributed by atoms with Crippen molar-refractivity contribution in [2.75, 3.05) is 5.32 Å². The number of aromatic nitrogens is 3. The van der Waals surface area contributed by atoms with Gasteiger partial charge in [-0.3, -0.25) is 19.7 Å². The Morgan fingerprint density at radius 3 is 2.69 bits per heavy atom. The van der Waals surface area contributed by atoms with Crippen molar-refractivity contribution >= 4 is 29.0 Å². The number of Topliss-reactive ketones (excluding diaryl/α,β-unsaturated/α-hetero) is 1. The van der Waals surface area contributed by atoms with Crippen LogP contribution < -0.4 is 10.6 Å². The minimum absolute atomic E-state index is 0.119. The summed E-state index contributed by atoms with van der Waals surface area (Å²) in [6.45, 7) is 1.61. The third-order valence-corrected chi connectivity index (χ3v) is 6.04. The molecule has 2 atom stereocenters. The Kier molecular flexibility index (Phi) is 6.85. The Bertz CT molecular complexity index is 1070. The van der Waals surface area contributed by atoms with Gasteiger partial charge in [-0.05, 0) is 74.4 Å². The van der Waals surface area contributed by atoms with Crippen LogP contribution in [-0.4, -0.2) is 32.9 Å². The fourth-order valence-electron chi connectivity index (χ4n) is 3.80. The number of halogens is 1. The molecule has 4 rings (SSSR count). The number of hydrogen-bond acceptors (Lipinski definition) is 5. The van der Waals surface area contributed by atoms with Gasteiger partial charge in [0, 0.05) is 24.3 Å². The van der Waals surface area contributed by atoms with Crippen molar-refractivity contribution < 1.29 is 9.59 Å². The number of carbonyl (C=O) groups is 2. The lowest BCUT2D eigenvalue weighted by atomic mass is 9.99. The van der Waals surface area contributed by atoms with Gasteiger partial charge in [-0.25, -0.2) is 0 Å². The number of aryl methyl sites for hydroxylation is 1. The molecule has 32 heavy (non-hydrogen) atoms. The molecular weight excluding hydrogens is 426 g/mol. The molecule has 2 heterocycles. The Morgan fingerprint density at radius 2 is 2.06 bits per heavy atom. The lowest BCUT2D eigenvalue weighted by Crippen LogP contribution is -2.30. The maximum Gasteiger partial charge on any atom is 0.253 e. The van der Waals surface area contributed by atoms with Crippen LogP contribution in [0.4, 0.5) is 5.69 Å². The normalized spacial score (nSPS) is 15.1. The van der Waals surface area contributed by atoms with Gasteiger partial charge < -0.3 is 10.6 Å². The summed E-state index contributed by atoms with van der Waals surface area (Å²) in [6.07, 6.45) is 8.38. The number of aromatic amines is 1. The van der Waals surface area contributed by atoms with E-state index in [1.165, 1.54) is 0 Å². The number of pyridine rings is 1. The molecule has 1 fully saturated rings. The highest BCUT2D eigenvalue weighted by atomic mass is 35.5. The van der Waals surface area contributed by atoms with Crippen LogP contribution in [0.15, 0.2) is 55.0 Å². The number of rotatable bonds is 10. The molecule has 166 valence electrons. The molecule has 3 aromatic rings. The molecule has 0 radical (unpaired) electrons. The van der Waals surface area contributed by atoms with Gasteiger partial charge in [-0.15, -0.1) is 0 Å². The van der Waals surface area contributed by atoms with Gasteiger partial charge in [0.15, 0.2) is 5.78 Å². The number of hydrogen-bond donors (Lipinski definition) is 3. The zero-order chi connectivity index (χ0) is 22.5. The number of carbonyl (C=O) groups excluding carboxylic acids is 2. The zero-order valence-corrected chi connectivity index (χ0v) is 18.6. The summed E-state index contributed by atoms with van der Waals surface area (Å²) in [5, 5.41) is 13.9. The van der Waals surface area contributed by atoms with E-state index in [2.05, 4.69) is 25.8 Å². The maximum atomic E-state index is 12.8. The highest BCUT2D eigenvalue weighted by Gasteiger charge is 2.34. The third-order valence-electron chi connectivity index (χ3n) is 5.73. The van der Waals surface area contributed by atoms with Gasteiger partial charge in [0.1, 0.15) is 0 Å². The van der Waals surface area contributed by atoms with Gasteiger partial charge in [0.05, 0.1) is 28.4 Å². The predicted molar refractivity (Wildman–Crippen MR) is 124 cm³/mol. The summed E-state index contributed by atoms with van der Waals surface area (Å²) >= 11 is 6.59. The van der Waals surface area contributed by atoms with Gasteiger partial charge in [0.2, 0.25) is 0 Å². The smallest absolute Gasteiger partial charge is 0.253 e. The standard InChI is InChI=1S/C24H26ClN5O2/c1-15(31)23(16-4-5-16)28-22-8-6-17(13-20(22)25)21(9-7-19-10-12-27-30-19)29-24(32)18-3-2-11-26-14-18/h2-3,6,8,10-14,16,21,23,28H,4-5,7,9H2,1H3,(H,27,30)(H,29,32). The number of nitrogens with zero attached hydrogens (tertiary/aromatic N) is 2. The lowest BCUT2D eigenvalue weighted by molar-refractivity contribution is -0.118. The Morgan fingerprint density at radius 1 is 1.22 bits per heavy atom. The first kappa shape index (κ1) is 22.0. The molecule has 3 N–H and O–H groups in total. The molecule has 1 amide bonds. The van der Waals surface area contributed by atoms with Gasteiger partial charge >= 0.3 is 0 Å². The largest absolute Gasteiger partial charge is 0.374 e. The second-order valence-electron chi connectivity index (χ2n) is 8.20. The minimum Gasteiger partial charge on any atom is -0.374 e. The van der Waals surface area contributed by atoms with Crippen molar-refractivity contribution in [3.05, 3.63) is 76.8 Å². The average molecular weight is 452 g/mol. The highest BCUT2D eigenvalue weighted by molar-refractivity contribution is 6.33. The number of nitrogens with one attached hydrogen (secondary N) is 3. The molecule has 0 bridgehead atoms. The van der Waals surface area contributed by atoms with E-state index in [0.717, 1.165) is 29.8 Å². The maximum absolute atomic E-state index is 12.8. The molecule has 1 saturated carbocycles. The summed E-state index contributed by atoms with van der Waals surface area (Å²) in [6, 6.07) is 10.6. The Labute approximate surface area is 192 Å². The molecule has 7 nitrogen and oxygen atoms in total. The van der Waals surface area contributed by atoms with E-state index in [0.29, 0.717) is 29.3 Å². The van der Waals surface area contributed by atoms with E-state index in [-0.39, 0.29) is 23.8 Å². The van der Waals surface area contributed by atoms with E-state index < -0.39 is 0 Å². The Hall–Kier alpha value is -3.19. The van der Waals surface area contributed by atoms with Crippen molar-refractivity contribution in [2.45, 2.75) is 44.7 Å². The second-order valence-corrected chi connectivity index (χ2v) is 8.60. The van der Waals surface area contributed by atoms with Crippen LogP contribution in [-0.2, 0) is 11.2 Å². The fraction of sp³-hybridized carbons (Fsp3) is 0.333. The summed E-state index contributed by atoms with van der Waals surface area (Å²) < 4.78 is 0. The highest BCUT2D eigenvalue weighted by Crippen LogP contribution is 2.36. The first-order chi connectivity index (χ1) is 15.5. The summed E-state index contributed by atoms with van der Waals surface area (Å²) in [7, 11) is 0. The second kappa shape index (κ2) is 9.96. The molecule has 0 spiro atoms. The molecule has 2 unspecified atom stereocenters. The van der Waals surface area contributed by atoms with Crippen LogP contribution in [0.1, 0.15) is 53.8 Å². The van der Waals surface area contributed by atoms with Crippen molar-refractivity contribution in [2.24, 2.45) is 5.92 Å². The zero-order valence-electron chi connectivity index (χ0n) is 17.8. The first-order valence-electron chi connectivity index (χ1n) is 10.8. The SMILES string of the molecule is CC(=O)C(Nc1ccc(C(CCc2ccn[nH]2)NC(=O)c2cccnc2)cc1Cl)C1CC1. The number of anilines is 1. The van der Waals surface area contributed by atoms with Crippen LogP contribution >= 0.6 is 11.6 Å². The predicted octanol–water partition coefficient (Wildman–Crippen LogP) is 4.34. The van der Waals surface area contributed by atoms with E-state index in [1.54, 1.807) is 37.6 Å². The van der Waals surface area contributed by atoms with E-state index >= 15 is 0 Å². The number of ketones is 1. The van der Waals surface area contributed by atoms with Gasteiger partial charge in [0.25, 0.3) is 5.91 Å². The van der Waals surface area contributed by atoms with Crippen molar-refractivity contribution in [3.63, 3.8) is 0 Å². The molecule has 0 saturated heterocycles. The van der Waals surface area contributed by atoms with Crippen molar-refractivity contribution in [3.8, 4) is 0 Å². The van der Waals surface area contributed by atoms with Crippen LogP contribution in [0.2, 0.25) is 5.02 Å². The fourth-order valence-corrected chi connectivity index (χ4v) is 4.04. The van der Waals surface area contributed by atoms with Crippen LogP contribution in [0, 0.1) is 5.92 Å². The lowest BCUT2D eigenvalue weighted by Gasteiger charge is -2.22. The van der Waals surface area contributed by atoms with Crippen LogP contribution in [0.5, 0.6) is 0 Å². The summed E-state index contributed by atoms with van der Waals surface area (Å²) in [5.74, 6) is 0.300. The van der Waals surface area contributed by atoms with Crippen molar-refractivity contribution in [1.82, 2.24) is 20.5 Å². The topological polar surface area (TPSA) is 99.8 Å². The molecule has 1 aromatic carbocycles. The quantitative estimate of drug-likeness (QED) is 0.425.